The van der Waals surface area contributed by atoms with Crippen LogP contribution in [0.15, 0.2) is 24.3 Å². The van der Waals surface area contributed by atoms with Crippen molar-refractivity contribution in [2.24, 2.45) is 0 Å². The lowest BCUT2D eigenvalue weighted by atomic mass is 10.3. The average molecular weight is 229 g/mol. The zero-order chi connectivity index (χ0) is 11.8. The minimum Gasteiger partial charge on any atom is -0.391 e. The van der Waals surface area contributed by atoms with Gasteiger partial charge in [-0.15, -0.1) is 0 Å². The van der Waals surface area contributed by atoms with Crippen LogP contribution in [-0.4, -0.2) is 34.3 Å². The van der Waals surface area contributed by atoms with Crippen LogP contribution in [-0.2, 0) is 0 Å². The topological polar surface area (TPSA) is 49.2 Å². The molecule has 2 heterocycles. The number of rotatable bonds is 1. The molecule has 0 saturated carbocycles. The molecule has 0 bridgehead atoms. The van der Waals surface area contributed by atoms with E-state index < -0.39 is 0 Å². The van der Waals surface area contributed by atoms with Crippen molar-refractivity contribution in [1.82, 2.24) is 9.97 Å². The van der Waals surface area contributed by atoms with Gasteiger partial charge in [0, 0.05) is 13.1 Å². The number of nitrogens with zero attached hydrogens (tertiary/aromatic N) is 3. The third kappa shape index (κ3) is 1.85. The van der Waals surface area contributed by atoms with Gasteiger partial charge in [0.05, 0.1) is 22.8 Å². The van der Waals surface area contributed by atoms with Crippen LogP contribution in [0.1, 0.15) is 12.1 Å². The number of aliphatic hydroxyl groups is 1. The van der Waals surface area contributed by atoms with Crippen molar-refractivity contribution >= 4 is 16.9 Å². The minimum absolute atomic E-state index is 0.234. The standard InChI is InChI=1S/C13H15N3O/c1-9-13(16-7-6-10(17)8-16)15-12-5-3-2-4-11(12)14-9/h2-5,10,17H,6-8H2,1H3/t10-/m0/s1. The molecule has 4 heteroatoms. The first-order valence-electron chi connectivity index (χ1n) is 5.90. The Balaban J connectivity index is 2.07. The lowest BCUT2D eigenvalue weighted by Crippen LogP contribution is -2.23. The molecule has 0 spiro atoms. The van der Waals surface area contributed by atoms with Gasteiger partial charge >= 0.3 is 0 Å². The van der Waals surface area contributed by atoms with Gasteiger partial charge in [0.1, 0.15) is 0 Å². The van der Waals surface area contributed by atoms with Crippen LogP contribution in [0.4, 0.5) is 5.82 Å². The normalized spacial score (nSPS) is 20.1. The Bertz CT molecular complexity index is 555. The quantitative estimate of drug-likeness (QED) is 0.805. The number of benzene rings is 1. The summed E-state index contributed by atoms with van der Waals surface area (Å²) in [6, 6.07) is 7.88. The van der Waals surface area contributed by atoms with E-state index >= 15 is 0 Å². The Morgan fingerprint density at radius 1 is 1.24 bits per heavy atom. The predicted molar refractivity (Wildman–Crippen MR) is 67.1 cm³/mol. The lowest BCUT2D eigenvalue weighted by molar-refractivity contribution is 0.198. The maximum absolute atomic E-state index is 9.58. The molecule has 1 aromatic carbocycles. The molecule has 1 aliphatic rings. The van der Waals surface area contributed by atoms with Gasteiger partial charge in [0.2, 0.25) is 0 Å². The third-order valence-corrected chi connectivity index (χ3v) is 3.18. The minimum atomic E-state index is -0.234. The van der Waals surface area contributed by atoms with E-state index in [4.69, 9.17) is 0 Å². The first-order valence-corrected chi connectivity index (χ1v) is 5.90. The summed E-state index contributed by atoms with van der Waals surface area (Å²) >= 11 is 0. The summed E-state index contributed by atoms with van der Waals surface area (Å²) in [5.41, 5.74) is 2.76. The molecule has 0 aliphatic carbocycles. The number of hydrogen-bond donors (Lipinski definition) is 1. The fourth-order valence-corrected chi connectivity index (χ4v) is 2.31. The monoisotopic (exact) mass is 229 g/mol. The second kappa shape index (κ2) is 3.96. The number of aromatic nitrogens is 2. The van der Waals surface area contributed by atoms with E-state index in [1.807, 2.05) is 31.2 Å². The highest BCUT2D eigenvalue weighted by atomic mass is 16.3. The molecule has 1 atom stereocenters. The maximum atomic E-state index is 9.58. The molecule has 0 amide bonds. The first kappa shape index (κ1) is 10.5. The number of aliphatic hydroxyl groups excluding tert-OH is 1. The largest absolute Gasteiger partial charge is 0.391 e. The fourth-order valence-electron chi connectivity index (χ4n) is 2.31. The third-order valence-electron chi connectivity index (χ3n) is 3.18. The second-order valence-electron chi connectivity index (χ2n) is 4.51. The number of para-hydroxylation sites is 2. The summed E-state index contributed by atoms with van der Waals surface area (Å²) in [6.45, 7) is 3.49. The van der Waals surface area contributed by atoms with Crippen LogP contribution in [0.2, 0.25) is 0 Å². The molecule has 0 radical (unpaired) electrons. The summed E-state index contributed by atoms with van der Waals surface area (Å²) in [7, 11) is 0. The number of anilines is 1. The Morgan fingerprint density at radius 2 is 1.94 bits per heavy atom. The lowest BCUT2D eigenvalue weighted by Gasteiger charge is -2.18. The van der Waals surface area contributed by atoms with Crippen LogP contribution in [0.3, 0.4) is 0 Å². The van der Waals surface area contributed by atoms with Gasteiger partial charge in [0.25, 0.3) is 0 Å². The van der Waals surface area contributed by atoms with Crippen LogP contribution in [0.5, 0.6) is 0 Å². The van der Waals surface area contributed by atoms with E-state index in [9.17, 15) is 5.11 Å². The van der Waals surface area contributed by atoms with Gasteiger partial charge in [-0.25, -0.2) is 9.97 Å². The number of aryl methyl sites for hydroxylation is 1. The van der Waals surface area contributed by atoms with Gasteiger partial charge in [-0.3, -0.25) is 0 Å². The molecule has 1 aliphatic heterocycles. The van der Waals surface area contributed by atoms with Crippen molar-refractivity contribution in [1.29, 1.82) is 0 Å². The average Bonchev–Trinajstić information content (AvgIpc) is 2.75. The van der Waals surface area contributed by atoms with E-state index in [0.717, 1.165) is 35.5 Å². The molecule has 1 aromatic heterocycles. The Hall–Kier alpha value is -1.68. The van der Waals surface area contributed by atoms with E-state index in [0.29, 0.717) is 6.54 Å². The molecule has 0 unspecified atom stereocenters. The van der Waals surface area contributed by atoms with Crippen molar-refractivity contribution in [3.05, 3.63) is 30.0 Å². The van der Waals surface area contributed by atoms with E-state index in [1.165, 1.54) is 0 Å². The van der Waals surface area contributed by atoms with E-state index in [-0.39, 0.29) is 6.10 Å². The van der Waals surface area contributed by atoms with Crippen molar-refractivity contribution in [2.75, 3.05) is 18.0 Å². The van der Waals surface area contributed by atoms with Crippen LogP contribution in [0.25, 0.3) is 11.0 Å². The highest BCUT2D eigenvalue weighted by Gasteiger charge is 2.23. The number of β-amino-alcohol motifs (C(OH)–C–C–N with tert-alkyl or cyclic N) is 1. The summed E-state index contributed by atoms with van der Waals surface area (Å²) in [4.78, 5) is 11.3. The molecular weight excluding hydrogens is 214 g/mol. The molecule has 1 saturated heterocycles. The summed E-state index contributed by atoms with van der Waals surface area (Å²) in [5.74, 6) is 0.903. The molecule has 1 N–H and O–H groups in total. The maximum Gasteiger partial charge on any atom is 0.150 e. The molecule has 2 aromatic rings. The summed E-state index contributed by atoms with van der Waals surface area (Å²) in [5, 5.41) is 9.58. The van der Waals surface area contributed by atoms with Crippen molar-refractivity contribution < 1.29 is 5.11 Å². The van der Waals surface area contributed by atoms with Crippen LogP contribution >= 0.6 is 0 Å². The summed E-state index contributed by atoms with van der Waals surface area (Å²) in [6.07, 6.45) is 0.580. The molecule has 17 heavy (non-hydrogen) atoms. The SMILES string of the molecule is Cc1nc2ccccc2nc1N1CC[C@H](O)C1. The van der Waals surface area contributed by atoms with E-state index in [2.05, 4.69) is 14.9 Å². The zero-order valence-corrected chi connectivity index (χ0v) is 9.80. The zero-order valence-electron chi connectivity index (χ0n) is 9.80. The Morgan fingerprint density at radius 3 is 2.59 bits per heavy atom. The van der Waals surface area contributed by atoms with Gasteiger partial charge in [-0.1, -0.05) is 12.1 Å². The van der Waals surface area contributed by atoms with Gasteiger partial charge in [0.15, 0.2) is 5.82 Å². The predicted octanol–water partition coefficient (Wildman–Crippen LogP) is 1.51. The van der Waals surface area contributed by atoms with Crippen LogP contribution < -0.4 is 4.90 Å². The molecule has 88 valence electrons. The highest BCUT2D eigenvalue weighted by Crippen LogP contribution is 2.23. The Kier molecular flexibility index (Phi) is 2.44. The second-order valence-corrected chi connectivity index (χ2v) is 4.51. The molecule has 4 nitrogen and oxygen atoms in total. The van der Waals surface area contributed by atoms with Crippen molar-refractivity contribution in [2.45, 2.75) is 19.4 Å². The van der Waals surface area contributed by atoms with Crippen LogP contribution in [0, 0.1) is 6.92 Å². The number of fused-ring (bicyclic) bond motifs is 1. The van der Waals surface area contributed by atoms with Gasteiger partial charge in [-0.2, -0.15) is 0 Å². The van der Waals surface area contributed by atoms with Gasteiger partial charge < -0.3 is 10.0 Å². The fraction of sp³-hybridized carbons (Fsp3) is 0.385. The summed E-state index contributed by atoms with van der Waals surface area (Å²) < 4.78 is 0. The first-order chi connectivity index (χ1) is 8.24. The number of hydrogen-bond acceptors (Lipinski definition) is 4. The van der Waals surface area contributed by atoms with Crippen molar-refractivity contribution in [3.8, 4) is 0 Å². The molecule has 3 rings (SSSR count). The van der Waals surface area contributed by atoms with Crippen molar-refractivity contribution in [3.63, 3.8) is 0 Å². The van der Waals surface area contributed by atoms with E-state index in [1.54, 1.807) is 0 Å². The molecule has 1 fully saturated rings. The highest BCUT2D eigenvalue weighted by molar-refractivity contribution is 5.76. The molecular formula is C13H15N3O. The smallest absolute Gasteiger partial charge is 0.150 e. The van der Waals surface area contributed by atoms with Gasteiger partial charge in [-0.05, 0) is 25.5 Å². The Labute approximate surface area is 99.9 Å².